The van der Waals surface area contributed by atoms with Crippen molar-refractivity contribution in [2.45, 2.75) is 64.0 Å². The van der Waals surface area contributed by atoms with Gasteiger partial charge in [-0.1, -0.05) is 0 Å². The van der Waals surface area contributed by atoms with Gasteiger partial charge in [0, 0.05) is 17.0 Å². The molecule has 0 amide bonds. The molecule has 4 nitrogen and oxygen atoms in total. The Morgan fingerprint density at radius 1 is 1.09 bits per heavy atom. The predicted octanol–water partition coefficient (Wildman–Crippen LogP) is 3.77. The first kappa shape index (κ1) is 15.3. The monoisotopic (exact) mass is 330 g/mol. The van der Waals surface area contributed by atoms with Gasteiger partial charge in [0.1, 0.15) is 16.5 Å². The zero-order valence-electron chi connectivity index (χ0n) is 14.4. The summed E-state index contributed by atoms with van der Waals surface area (Å²) in [5, 5.41) is 5.10. The van der Waals surface area contributed by atoms with Gasteiger partial charge < -0.3 is 10.2 Å². The molecule has 1 fully saturated rings. The van der Waals surface area contributed by atoms with Gasteiger partial charge in [-0.05, 0) is 71.5 Å². The molecule has 0 saturated heterocycles. The SMILES string of the molecule is Cc1nc(N[C@H]2CC[C@H](N(C)C)CC2)c2c3c(sc2n1)CCC3. The fraction of sp³-hybridized carbons (Fsp3) is 0.667. The first-order chi connectivity index (χ1) is 11.1. The largest absolute Gasteiger partial charge is 0.367 e. The van der Waals surface area contributed by atoms with E-state index in [1.165, 1.54) is 60.7 Å². The van der Waals surface area contributed by atoms with E-state index in [2.05, 4.69) is 29.3 Å². The van der Waals surface area contributed by atoms with E-state index in [1.54, 1.807) is 4.88 Å². The number of aromatic nitrogens is 2. The fourth-order valence-corrected chi connectivity index (χ4v) is 5.44. The number of anilines is 1. The molecular formula is C18H26N4S. The third-order valence-electron chi connectivity index (χ3n) is 5.44. The number of hydrogen-bond acceptors (Lipinski definition) is 5. The van der Waals surface area contributed by atoms with Crippen molar-refractivity contribution < 1.29 is 0 Å². The lowest BCUT2D eigenvalue weighted by molar-refractivity contribution is 0.221. The van der Waals surface area contributed by atoms with E-state index in [4.69, 9.17) is 4.98 Å². The molecule has 23 heavy (non-hydrogen) atoms. The number of aryl methyl sites for hydroxylation is 3. The quantitative estimate of drug-likeness (QED) is 0.930. The van der Waals surface area contributed by atoms with Crippen LogP contribution in [0.4, 0.5) is 5.82 Å². The average Bonchev–Trinajstić information content (AvgIpc) is 3.07. The van der Waals surface area contributed by atoms with E-state index in [-0.39, 0.29) is 0 Å². The molecule has 2 aliphatic rings. The molecule has 0 aromatic carbocycles. The normalized spacial score (nSPS) is 24.3. The van der Waals surface area contributed by atoms with Gasteiger partial charge in [-0.15, -0.1) is 11.3 Å². The molecule has 124 valence electrons. The topological polar surface area (TPSA) is 41.1 Å². The number of hydrogen-bond donors (Lipinski definition) is 1. The van der Waals surface area contributed by atoms with Gasteiger partial charge in [0.15, 0.2) is 0 Å². The van der Waals surface area contributed by atoms with Crippen molar-refractivity contribution in [3.63, 3.8) is 0 Å². The lowest BCUT2D eigenvalue weighted by Gasteiger charge is -2.33. The maximum absolute atomic E-state index is 4.77. The summed E-state index contributed by atoms with van der Waals surface area (Å²) in [7, 11) is 4.40. The fourth-order valence-electron chi connectivity index (χ4n) is 4.14. The lowest BCUT2D eigenvalue weighted by atomic mass is 9.90. The number of nitrogens with one attached hydrogen (secondary N) is 1. The van der Waals surface area contributed by atoms with Crippen LogP contribution < -0.4 is 5.32 Å². The molecule has 0 radical (unpaired) electrons. The van der Waals surface area contributed by atoms with Crippen LogP contribution in [-0.2, 0) is 12.8 Å². The zero-order valence-corrected chi connectivity index (χ0v) is 15.2. The molecule has 0 bridgehead atoms. The number of rotatable bonds is 3. The van der Waals surface area contributed by atoms with Gasteiger partial charge in [0.05, 0.1) is 5.39 Å². The highest BCUT2D eigenvalue weighted by Crippen LogP contribution is 2.40. The summed E-state index contributed by atoms with van der Waals surface area (Å²) < 4.78 is 0. The molecule has 2 aliphatic carbocycles. The van der Waals surface area contributed by atoms with Crippen molar-refractivity contribution in [3.05, 3.63) is 16.3 Å². The second-order valence-corrected chi connectivity index (χ2v) is 8.35. The molecule has 2 aromatic heterocycles. The van der Waals surface area contributed by atoms with Crippen LogP contribution >= 0.6 is 11.3 Å². The maximum atomic E-state index is 4.77. The van der Waals surface area contributed by atoms with Crippen LogP contribution in [0.2, 0.25) is 0 Å². The van der Waals surface area contributed by atoms with Crippen LogP contribution in [0.25, 0.3) is 10.2 Å². The van der Waals surface area contributed by atoms with Crippen molar-refractivity contribution in [3.8, 4) is 0 Å². The maximum Gasteiger partial charge on any atom is 0.139 e. The second kappa shape index (κ2) is 6.02. The standard InChI is InChI=1S/C18H26N4S/c1-11-19-17(21-12-7-9-13(10-8-12)22(2)3)16-14-5-4-6-15(14)23-18(16)20-11/h12-13H,4-10H2,1-3H3,(H,19,20,21)/t12-,13-. The smallest absolute Gasteiger partial charge is 0.139 e. The van der Waals surface area contributed by atoms with Gasteiger partial charge in [-0.25, -0.2) is 9.97 Å². The van der Waals surface area contributed by atoms with Gasteiger partial charge in [-0.3, -0.25) is 0 Å². The van der Waals surface area contributed by atoms with Crippen LogP contribution in [-0.4, -0.2) is 41.0 Å². The summed E-state index contributed by atoms with van der Waals surface area (Å²) in [6.07, 6.45) is 8.74. The molecular weight excluding hydrogens is 304 g/mol. The lowest BCUT2D eigenvalue weighted by Crippen LogP contribution is -2.36. The Bertz CT molecular complexity index is 713. The van der Waals surface area contributed by atoms with E-state index in [0.29, 0.717) is 6.04 Å². The molecule has 5 heteroatoms. The molecule has 0 unspecified atom stereocenters. The molecule has 0 aliphatic heterocycles. The summed E-state index contributed by atoms with van der Waals surface area (Å²) in [6.45, 7) is 2.01. The predicted molar refractivity (Wildman–Crippen MR) is 97.5 cm³/mol. The van der Waals surface area contributed by atoms with Gasteiger partial charge >= 0.3 is 0 Å². The molecule has 0 atom stereocenters. The van der Waals surface area contributed by atoms with Crippen LogP contribution in [0, 0.1) is 6.92 Å². The Hall–Kier alpha value is -1.20. The Kier molecular flexibility index (Phi) is 4.01. The van der Waals surface area contributed by atoms with E-state index >= 15 is 0 Å². The minimum atomic E-state index is 0.556. The van der Waals surface area contributed by atoms with E-state index in [1.807, 2.05) is 18.3 Å². The first-order valence-electron chi connectivity index (χ1n) is 8.83. The highest BCUT2D eigenvalue weighted by atomic mass is 32.1. The van der Waals surface area contributed by atoms with E-state index < -0.39 is 0 Å². The van der Waals surface area contributed by atoms with Crippen molar-refractivity contribution in [2.24, 2.45) is 0 Å². The van der Waals surface area contributed by atoms with Crippen LogP contribution in [0.5, 0.6) is 0 Å². The number of fused-ring (bicyclic) bond motifs is 3. The Labute approximate surface area is 142 Å². The Morgan fingerprint density at radius 3 is 2.61 bits per heavy atom. The first-order valence-corrected chi connectivity index (χ1v) is 9.65. The van der Waals surface area contributed by atoms with Gasteiger partial charge in [0.2, 0.25) is 0 Å². The Balaban J connectivity index is 1.59. The molecule has 1 N–H and O–H groups in total. The summed E-state index contributed by atoms with van der Waals surface area (Å²) in [6, 6.07) is 1.30. The number of nitrogens with zero attached hydrogens (tertiary/aromatic N) is 3. The minimum Gasteiger partial charge on any atom is -0.367 e. The van der Waals surface area contributed by atoms with Gasteiger partial charge in [0.25, 0.3) is 0 Å². The summed E-state index contributed by atoms with van der Waals surface area (Å²) >= 11 is 1.88. The molecule has 0 spiro atoms. The zero-order chi connectivity index (χ0) is 16.0. The number of thiophene rings is 1. The third-order valence-corrected chi connectivity index (χ3v) is 6.63. The van der Waals surface area contributed by atoms with Crippen molar-refractivity contribution in [1.29, 1.82) is 0 Å². The minimum absolute atomic E-state index is 0.556. The third kappa shape index (κ3) is 2.85. The Morgan fingerprint density at radius 2 is 1.87 bits per heavy atom. The van der Waals surface area contributed by atoms with Crippen molar-refractivity contribution in [1.82, 2.24) is 14.9 Å². The van der Waals surface area contributed by atoms with Crippen LogP contribution in [0.1, 0.15) is 48.4 Å². The summed E-state index contributed by atoms with van der Waals surface area (Å²) in [5.41, 5.74) is 1.52. The summed E-state index contributed by atoms with van der Waals surface area (Å²) in [5.74, 6) is 1.99. The average molecular weight is 331 g/mol. The van der Waals surface area contributed by atoms with Crippen molar-refractivity contribution >= 4 is 27.4 Å². The molecule has 1 saturated carbocycles. The van der Waals surface area contributed by atoms with Crippen molar-refractivity contribution in [2.75, 3.05) is 19.4 Å². The van der Waals surface area contributed by atoms with Crippen LogP contribution in [0.15, 0.2) is 0 Å². The van der Waals surface area contributed by atoms with E-state index in [0.717, 1.165) is 17.7 Å². The highest BCUT2D eigenvalue weighted by Gasteiger charge is 2.26. The molecule has 2 heterocycles. The summed E-state index contributed by atoms with van der Waals surface area (Å²) in [4.78, 5) is 14.6. The highest BCUT2D eigenvalue weighted by molar-refractivity contribution is 7.19. The molecule has 4 rings (SSSR count). The molecule has 2 aromatic rings. The van der Waals surface area contributed by atoms with Crippen LogP contribution in [0.3, 0.4) is 0 Å². The second-order valence-electron chi connectivity index (χ2n) is 7.27. The van der Waals surface area contributed by atoms with E-state index in [9.17, 15) is 0 Å². The van der Waals surface area contributed by atoms with Gasteiger partial charge in [-0.2, -0.15) is 0 Å².